The molecule has 0 aliphatic heterocycles. The summed E-state index contributed by atoms with van der Waals surface area (Å²) >= 11 is 0. The highest BCUT2D eigenvalue weighted by molar-refractivity contribution is 4.97. The van der Waals surface area contributed by atoms with Crippen LogP contribution >= 0.6 is 0 Å². The van der Waals surface area contributed by atoms with Crippen molar-refractivity contribution in [3.8, 4) is 0 Å². The van der Waals surface area contributed by atoms with Gasteiger partial charge >= 0.3 is 0 Å². The Kier molecular flexibility index (Phi) is 1.56. The van der Waals surface area contributed by atoms with Crippen LogP contribution in [0, 0.1) is 5.92 Å². The van der Waals surface area contributed by atoms with Gasteiger partial charge < -0.3 is 5.11 Å². The van der Waals surface area contributed by atoms with Crippen molar-refractivity contribution < 1.29 is 5.11 Å². The minimum absolute atomic E-state index is 0.587. The lowest BCUT2D eigenvalue weighted by molar-refractivity contribution is 0.352. The number of aliphatic hydroxyl groups excluding tert-OH is 1. The molecule has 0 radical (unpaired) electrons. The van der Waals surface area contributed by atoms with Gasteiger partial charge in [-0.2, -0.15) is 0 Å². The zero-order chi connectivity index (χ0) is 5.98. The van der Waals surface area contributed by atoms with Crippen LogP contribution < -0.4 is 0 Å². The summed E-state index contributed by atoms with van der Waals surface area (Å²) in [6.07, 6.45) is 5.24. The largest absolute Gasteiger partial charge is 0.513 e. The third kappa shape index (κ3) is 1.25. The molecule has 0 amide bonds. The van der Waals surface area contributed by atoms with Gasteiger partial charge in [0.25, 0.3) is 0 Å². The summed E-state index contributed by atoms with van der Waals surface area (Å²) in [5.74, 6) is 1.19. The molecule has 1 nitrogen and oxygen atoms in total. The Labute approximate surface area is 50.0 Å². The minimum atomic E-state index is 0.587. The SMILES string of the molecule is C[C@H]1C=C(O)CCC1. The fraction of sp³-hybridized carbons (Fsp3) is 0.714. The molecule has 1 heteroatoms. The Bertz CT molecular complexity index is 105. The number of hydrogen-bond donors (Lipinski definition) is 1. The minimum Gasteiger partial charge on any atom is -0.513 e. The van der Waals surface area contributed by atoms with Crippen molar-refractivity contribution in [1.29, 1.82) is 0 Å². The van der Waals surface area contributed by atoms with E-state index in [1.165, 1.54) is 6.42 Å². The van der Waals surface area contributed by atoms with Gasteiger partial charge in [-0.15, -0.1) is 0 Å². The third-order valence-corrected chi connectivity index (χ3v) is 1.57. The van der Waals surface area contributed by atoms with E-state index in [0.29, 0.717) is 11.7 Å². The van der Waals surface area contributed by atoms with Crippen LogP contribution in [0.3, 0.4) is 0 Å². The van der Waals surface area contributed by atoms with E-state index in [1.807, 2.05) is 6.08 Å². The Morgan fingerprint density at radius 3 is 2.88 bits per heavy atom. The molecule has 0 spiro atoms. The lowest BCUT2D eigenvalue weighted by atomic mass is 9.97. The molecule has 1 rings (SSSR count). The normalized spacial score (nSPS) is 29.6. The monoisotopic (exact) mass is 112 g/mol. The second kappa shape index (κ2) is 2.21. The van der Waals surface area contributed by atoms with Gasteiger partial charge in [0.1, 0.15) is 0 Å². The van der Waals surface area contributed by atoms with Crippen LogP contribution in [-0.2, 0) is 0 Å². The molecule has 0 aromatic heterocycles. The molecule has 0 saturated heterocycles. The predicted molar refractivity (Wildman–Crippen MR) is 33.7 cm³/mol. The zero-order valence-electron chi connectivity index (χ0n) is 5.22. The molecule has 46 valence electrons. The van der Waals surface area contributed by atoms with Gasteiger partial charge in [-0.3, -0.25) is 0 Å². The summed E-state index contributed by atoms with van der Waals surface area (Å²) in [7, 11) is 0. The standard InChI is InChI=1S/C7H12O/c1-6-3-2-4-7(8)5-6/h5-6,8H,2-4H2,1H3/t6-/m1/s1. The molecule has 0 aromatic carbocycles. The summed E-state index contributed by atoms with van der Waals surface area (Å²) in [6, 6.07) is 0. The van der Waals surface area contributed by atoms with E-state index < -0.39 is 0 Å². The molecule has 0 heterocycles. The van der Waals surface area contributed by atoms with Crippen molar-refractivity contribution in [3.63, 3.8) is 0 Å². The second-order valence-corrected chi connectivity index (χ2v) is 2.53. The van der Waals surface area contributed by atoms with Crippen LogP contribution in [0.1, 0.15) is 26.2 Å². The average molecular weight is 112 g/mol. The molecule has 8 heavy (non-hydrogen) atoms. The molecule has 1 atom stereocenters. The fourth-order valence-electron chi connectivity index (χ4n) is 1.10. The molecular weight excluding hydrogens is 100 g/mol. The van der Waals surface area contributed by atoms with E-state index in [1.54, 1.807) is 0 Å². The van der Waals surface area contributed by atoms with E-state index in [4.69, 9.17) is 5.11 Å². The van der Waals surface area contributed by atoms with Crippen LogP contribution in [-0.4, -0.2) is 5.11 Å². The number of rotatable bonds is 0. The molecule has 0 bridgehead atoms. The van der Waals surface area contributed by atoms with Crippen molar-refractivity contribution in [2.45, 2.75) is 26.2 Å². The maximum Gasteiger partial charge on any atom is 0.0885 e. The summed E-state index contributed by atoms with van der Waals surface area (Å²) in [4.78, 5) is 0. The van der Waals surface area contributed by atoms with E-state index in [0.717, 1.165) is 12.8 Å². The maximum absolute atomic E-state index is 8.94. The fourth-order valence-corrected chi connectivity index (χ4v) is 1.10. The van der Waals surface area contributed by atoms with Crippen LogP contribution in [0.4, 0.5) is 0 Å². The van der Waals surface area contributed by atoms with Gasteiger partial charge in [0.2, 0.25) is 0 Å². The molecule has 1 aliphatic carbocycles. The van der Waals surface area contributed by atoms with Crippen LogP contribution in [0.2, 0.25) is 0 Å². The lowest BCUT2D eigenvalue weighted by Gasteiger charge is -2.12. The summed E-state index contributed by atoms with van der Waals surface area (Å²) < 4.78 is 0. The Morgan fingerprint density at radius 1 is 1.75 bits per heavy atom. The van der Waals surface area contributed by atoms with E-state index in [9.17, 15) is 0 Å². The first-order valence-electron chi connectivity index (χ1n) is 3.18. The van der Waals surface area contributed by atoms with Gasteiger partial charge in [-0.05, 0) is 24.8 Å². The molecule has 0 fully saturated rings. The maximum atomic E-state index is 8.94. The highest BCUT2D eigenvalue weighted by Crippen LogP contribution is 2.19. The van der Waals surface area contributed by atoms with Crippen molar-refractivity contribution in [2.24, 2.45) is 5.92 Å². The first-order chi connectivity index (χ1) is 3.79. The third-order valence-electron chi connectivity index (χ3n) is 1.57. The average Bonchev–Trinajstić information content (AvgIpc) is 1.64. The van der Waals surface area contributed by atoms with Gasteiger partial charge in [-0.25, -0.2) is 0 Å². The molecule has 0 aromatic rings. The van der Waals surface area contributed by atoms with E-state index >= 15 is 0 Å². The highest BCUT2D eigenvalue weighted by atomic mass is 16.3. The number of allylic oxidation sites excluding steroid dienone is 2. The topological polar surface area (TPSA) is 20.2 Å². The van der Waals surface area contributed by atoms with Crippen molar-refractivity contribution in [3.05, 3.63) is 11.8 Å². The lowest BCUT2D eigenvalue weighted by Crippen LogP contribution is -1.99. The second-order valence-electron chi connectivity index (χ2n) is 2.53. The Hall–Kier alpha value is -0.460. The van der Waals surface area contributed by atoms with Crippen LogP contribution in [0.5, 0.6) is 0 Å². The molecule has 0 saturated carbocycles. The van der Waals surface area contributed by atoms with Crippen LogP contribution in [0.15, 0.2) is 11.8 Å². The number of hydrogen-bond acceptors (Lipinski definition) is 1. The van der Waals surface area contributed by atoms with Crippen molar-refractivity contribution >= 4 is 0 Å². The van der Waals surface area contributed by atoms with E-state index in [2.05, 4.69) is 6.92 Å². The van der Waals surface area contributed by atoms with Crippen LogP contribution in [0.25, 0.3) is 0 Å². The van der Waals surface area contributed by atoms with Gasteiger partial charge in [0.05, 0.1) is 5.76 Å². The highest BCUT2D eigenvalue weighted by Gasteiger charge is 2.06. The molecule has 1 aliphatic rings. The summed E-state index contributed by atoms with van der Waals surface area (Å²) in [5, 5.41) is 8.94. The molecule has 0 unspecified atom stereocenters. The van der Waals surface area contributed by atoms with Gasteiger partial charge in [-0.1, -0.05) is 6.92 Å². The molecule has 1 N–H and O–H groups in total. The van der Waals surface area contributed by atoms with Gasteiger partial charge in [0, 0.05) is 6.42 Å². The van der Waals surface area contributed by atoms with Crippen molar-refractivity contribution in [1.82, 2.24) is 0 Å². The van der Waals surface area contributed by atoms with E-state index in [-0.39, 0.29) is 0 Å². The first kappa shape index (κ1) is 5.67. The molecular formula is C7H12O. The van der Waals surface area contributed by atoms with Crippen molar-refractivity contribution in [2.75, 3.05) is 0 Å². The summed E-state index contributed by atoms with van der Waals surface area (Å²) in [6.45, 7) is 2.13. The zero-order valence-corrected chi connectivity index (χ0v) is 5.22. The number of aliphatic hydroxyl groups is 1. The quantitative estimate of drug-likeness (QED) is 0.509. The predicted octanol–water partition coefficient (Wildman–Crippen LogP) is 2.25. The smallest absolute Gasteiger partial charge is 0.0885 e. The Balaban J connectivity index is 2.50. The summed E-state index contributed by atoms with van der Waals surface area (Å²) in [5.41, 5.74) is 0. The van der Waals surface area contributed by atoms with Gasteiger partial charge in [0.15, 0.2) is 0 Å². The Morgan fingerprint density at radius 2 is 2.50 bits per heavy atom. The first-order valence-corrected chi connectivity index (χ1v) is 3.18.